The van der Waals surface area contributed by atoms with E-state index >= 15 is 0 Å². The number of nitrogens with zero attached hydrogens (tertiary/aromatic N) is 1. The predicted molar refractivity (Wildman–Crippen MR) is 81.4 cm³/mol. The molecule has 1 N–H and O–H groups in total. The molecular weight excluding hydrogens is 305 g/mol. The van der Waals surface area contributed by atoms with E-state index in [1.165, 1.54) is 19.1 Å². The van der Waals surface area contributed by atoms with Crippen LogP contribution < -0.4 is 5.56 Å². The second-order valence-corrected chi connectivity index (χ2v) is 5.37. The number of benzene rings is 2. The van der Waals surface area contributed by atoms with Crippen molar-refractivity contribution in [1.82, 2.24) is 10.2 Å². The molecule has 23 heavy (non-hydrogen) atoms. The number of hydrogen-bond acceptors (Lipinski definition) is 2. The molecule has 0 radical (unpaired) electrons. The van der Waals surface area contributed by atoms with Gasteiger partial charge in [-0.05, 0) is 30.2 Å². The molecule has 2 aromatic carbocycles. The summed E-state index contributed by atoms with van der Waals surface area (Å²) < 4.78 is 38.4. The van der Waals surface area contributed by atoms with Gasteiger partial charge in [0.1, 0.15) is 0 Å². The first kappa shape index (κ1) is 15.3. The van der Waals surface area contributed by atoms with E-state index in [1.54, 1.807) is 24.3 Å². The van der Waals surface area contributed by atoms with Crippen LogP contribution in [0.1, 0.15) is 22.4 Å². The third kappa shape index (κ3) is 2.97. The molecule has 0 aliphatic carbocycles. The highest BCUT2D eigenvalue weighted by atomic mass is 19.4. The Morgan fingerprint density at radius 2 is 1.78 bits per heavy atom. The molecule has 1 aromatic heterocycles. The van der Waals surface area contributed by atoms with Crippen LogP contribution in [0.15, 0.2) is 47.3 Å². The molecule has 0 aliphatic rings. The molecule has 0 spiro atoms. The van der Waals surface area contributed by atoms with Crippen LogP contribution in [-0.2, 0) is 12.6 Å². The Bertz CT molecular complexity index is 929. The smallest absolute Gasteiger partial charge is 0.267 e. The van der Waals surface area contributed by atoms with Crippen LogP contribution in [0, 0.1) is 6.92 Å². The molecule has 0 saturated heterocycles. The summed E-state index contributed by atoms with van der Waals surface area (Å²) in [4.78, 5) is 11.7. The number of aromatic amines is 1. The lowest BCUT2D eigenvalue weighted by Crippen LogP contribution is -2.11. The van der Waals surface area contributed by atoms with Gasteiger partial charge in [0.25, 0.3) is 5.56 Å². The number of fused-ring (bicyclic) bond motifs is 1. The van der Waals surface area contributed by atoms with Crippen molar-refractivity contribution >= 4 is 10.8 Å². The zero-order valence-corrected chi connectivity index (χ0v) is 12.2. The Balaban J connectivity index is 2.02. The normalized spacial score (nSPS) is 11.8. The quantitative estimate of drug-likeness (QED) is 0.780. The summed E-state index contributed by atoms with van der Waals surface area (Å²) >= 11 is 0. The molecule has 0 saturated carbocycles. The molecule has 6 heteroatoms. The molecule has 0 fully saturated rings. The zero-order valence-electron chi connectivity index (χ0n) is 12.2. The lowest BCUT2D eigenvalue weighted by atomic mass is 10.00. The molecular formula is C17H13F3N2O. The third-order valence-electron chi connectivity index (χ3n) is 3.74. The summed E-state index contributed by atoms with van der Waals surface area (Å²) in [7, 11) is 0. The Labute approximate surface area is 129 Å². The summed E-state index contributed by atoms with van der Waals surface area (Å²) in [5, 5.41) is 7.69. The van der Waals surface area contributed by atoms with Gasteiger partial charge in [-0.3, -0.25) is 4.79 Å². The van der Waals surface area contributed by atoms with Gasteiger partial charge in [-0.25, -0.2) is 5.10 Å². The minimum atomic E-state index is -4.36. The van der Waals surface area contributed by atoms with Gasteiger partial charge >= 0.3 is 6.18 Å². The molecule has 118 valence electrons. The van der Waals surface area contributed by atoms with Crippen LogP contribution in [-0.4, -0.2) is 10.2 Å². The third-order valence-corrected chi connectivity index (χ3v) is 3.74. The predicted octanol–water partition coefficient (Wildman–Crippen LogP) is 3.84. The molecule has 3 aromatic rings. The van der Waals surface area contributed by atoms with E-state index in [9.17, 15) is 18.0 Å². The highest BCUT2D eigenvalue weighted by Gasteiger charge is 2.32. The number of aromatic nitrogens is 2. The SMILES string of the molecule is Cc1cc(Cc2n[nH]c(=O)c3ccccc23)ccc1C(F)(F)F. The Morgan fingerprint density at radius 3 is 2.43 bits per heavy atom. The average Bonchev–Trinajstić information content (AvgIpc) is 2.49. The summed E-state index contributed by atoms with van der Waals surface area (Å²) in [6, 6.07) is 11.1. The average molecular weight is 318 g/mol. The van der Waals surface area contributed by atoms with E-state index in [1.807, 2.05) is 0 Å². The van der Waals surface area contributed by atoms with Crippen molar-refractivity contribution in [3.05, 3.63) is 75.2 Å². The Morgan fingerprint density at radius 1 is 1.09 bits per heavy atom. The van der Waals surface area contributed by atoms with Crippen molar-refractivity contribution in [2.24, 2.45) is 0 Å². The summed E-state index contributed by atoms with van der Waals surface area (Å²) in [5.41, 5.74) is 0.580. The fourth-order valence-electron chi connectivity index (χ4n) is 2.65. The van der Waals surface area contributed by atoms with Crippen molar-refractivity contribution < 1.29 is 13.2 Å². The second-order valence-electron chi connectivity index (χ2n) is 5.37. The minimum Gasteiger partial charge on any atom is -0.267 e. The van der Waals surface area contributed by atoms with Crippen LogP contribution in [0.4, 0.5) is 13.2 Å². The Hall–Kier alpha value is -2.63. The summed E-state index contributed by atoms with van der Waals surface area (Å²) in [6.07, 6.45) is -4.01. The van der Waals surface area contributed by atoms with Crippen molar-refractivity contribution in [1.29, 1.82) is 0 Å². The summed E-state index contributed by atoms with van der Waals surface area (Å²) in [6.45, 7) is 1.44. The standard InChI is InChI=1S/C17H13F3N2O/c1-10-8-11(6-7-14(10)17(18,19)20)9-15-12-4-2-3-5-13(12)16(23)22-21-15/h2-8H,9H2,1H3,(H,22,23). The van der Waals surface area contributed by atoms with Gasteiger partial charge in [-0.2, -0.15) is 18.3 Å². The lowest BCUT2D eigenvalue weighted by molar-refractivity contribution is -0.138. The number of hydrogen-bond donors (Lipinski definition) is 1. The van der Waals surface area contributed by atoms with Crippen molar-refractivity contribution in [2.45, 2.75) is 19.5 Å². The molecule has 0 bridgehead atoms. The van der Waals surface area contributed by atoms with Gasteiger partial charge < -0.3 is 0 Å². The van der Waals surface area contributed by atoms with Gasteiger partial charge in [-0.1, -0.05) is 30.3 Å². The van der Waals surface area contributed by atoms with Crippen LogP contribution in [0.5, 0.6) is 0 Å². The first-order valence-corrected chi connectivity index (χ1v) is 6.99. The van der Waals surface area contributed by atoms with Gasteiger partial charge in [0.2, 0.25) is 0 Å². The lowest BCUT2D eigenvalue weighted by Gasteiger charge is -2.12. The number of nitrogens with one attached hydrogen (secondary N) is 1. The molecule has 0 atom stereocenters. The minimum absolute atomic E-state index is 0.170. The van der Waals surface area contributed by atoms with Crippen LogP contribution in [0.2, 0.25) is 0 Å². The van der Waals surface area contributed by atoms with E-state index in [-0.39, 0.29) is 11.1 Å². The van der Waals surface area contributed by atoms with E-state index in [0.29, 0.717) is 28.5 Å². The molecule has 0 unspecified atom stereocenters. The van der Waals surface area contributed by atoms with Crippen molar-refractivity contribution in [2.75, 3.05) is 0 Å². The van der Waals surface area contributed by atoms with E-state index < -0.39 is 11.7 Å². The van der Waals surface area contributed by atoms with Gasteiger partial charge in [-0.15, -0.1) is 0 Å². The summed E-state index contributed by atoms with van der Waals surface area (Å²) in [5.74, 6) is 0. The maximum atomic E-state index is 12.8. The highest BCUT2D eigenvalue weighted by molar-refractivity contribution is 5.83. The topological polar surface area (TPSA) is 45.8 Å². The van der Waals surface area contributed by atoms with Crippen LogP contribution in [0.3, 0.4) is 0 Å². The molecule has 0 aliphatic heterocycles. The first-order valence-electron chi connectivity index (χ1n) is 6.99. The van der Waals surface area contributed by atoms with Gasteiger partial charge in [0.05, 0.1) is 16.6 Å². The maximum absolute atomic E-state index is 12.8. The fraction of sp³-hybridized carbons (Fsp3) is 0.176. The van der Waals surface area contributed by atoms with Crippen LogP contribution >= 0.6 is 0 Å². The van der Waals surface area contributed by atoms with Crippen molar-refractivity contribution in [3.8, 4) is 0 Å². The highest BCUT2D eigenvalue weighted by Crippen LogP contribution is 2.32. The van der Waals surface area contributed by atoms with Crippen LogP contribution in [0.25, 0.3) is 10.8 Å². The van der Waals surface area contributed by atoms with E-state index in [2.05, 4.69) is 10.2 Å². The van der Waals surface area contributed by atoms with E-state index in [0.717, 1.165) is 6.07 Å². The second kappa shape index (κ2) is 5.53. The van der Waals surface area contributed by atoms with Crippen molar-refractivity contribution in [3.63, 3.8) is 0 Å². The fourth-order valence-corrected chi connectivity index (χ4v) is 2.65. The number of halogens is 3. The number of aryl methyl sites for hydroxylation is 1. The molecule has 0 amide bonds. The van der Waals surface area contributed by atoms with Gasteiger partial charge in [0.15, 0.2) is 0 Å². The molecule has 1 heterocycles. The zero-order chi connectivity index (χ0) is 16.6. The monoisotopic (exact) mass is 318 g/mol. The number of rotatable bonds is 2. The Kier molecular flexibility index (Phi) is 3.67. The number of alkyl halides is 3. The first-order chi connectivity index (χ1) is 10.9. The molecule has 3 nitrogen and oxygen atoms in total. The van der Waals surface area contributed by atoms with E-state index in [4.69, 9.17) is 0 Å². The van der Waals surface area contributed by atoms with Gasteiger partial charge in [0, 0.05) is 11.8 Å². The largest absolute Gasteiger partial charge is 0.416 e. The molecule has 3 rings (SSSR count). The maximum Gasteiger partial charge on any atom is 0.416 e. The number of H-pyrrole nitrogens is 1.